The largest absolute Gasteiger partial charge is 0.384 e. The number of ether oxygens (including phenoxy) is 1. The van der Waals surface area contributed by atoms with Crippen molar-refractivity contribution in [3.63, 3.8) is 0 Å². The van der Waals surface area contributed by atoms with Gasteiger partial charge in [0.1, 0.15) is 11.7 Å². The van der Waals surface area contributed by atoms with Crippen molar-refractivity contribution in [2.45, 2.75) is 38.7 Å². The molecule has 3 nitrogen and oxygen atoms in total. The third-order valence-electron chi connectivity index (χ3n) is 3.70. The second-order valence-electron chi connectivity index (χ2n) is 5.21. The van der Waals surface area contributed by atoms with Gasteiger partial charge in [-0.2, -0.15) is 0 Å². The second-order valence-corrected chi connectivity index (χ2v) is 5.21. The van der Waals surface area contributed by atoms with E-state index in [1.165, 1.54) is 38.2 Å². The van der Waals surface area contributed by atoms with Crippen LogP contribution in [0.4, 0.5) is 4.39 Å². The highest BCUT2D eigenvalue weighted by atomic mass is 19.1. The van der Waals surface area contributed by atoms with Crippen molar-refractivity contribution in [2.75, 3.05) is 6.61 Å². The molecule has 2 rings (SSSR count). The van der Waals surface area contributed by atoms with E-state index in [1.807, 2.05) is 0 Å². The SMILES string of the molecule is N=C(N)c1cccc(COCC2CCCCC2)c1F. The smallest absolute Gasteiger partial charge is 0.139 e. The molecule has 1 aromatic rings. The summed E-state index contributed by atoms with van der Waals surface area (Å²) in [6.07, 6.45) is 6.32. The van der Waals surface area contributed by atoms with E-state index < -0.39 is 5.82 Å². The van der Waals surface area contributed by atoms with E-state index in [1.54, 1.807) is 12.1 Å². The third-order valence-corrected chi connectivity index (χ3v) is 3.70. The fraction of sp³-hybridized carbons (Fsp3) is 0.533. The molecule has 0 heterocycles. The first-order chi connectivity index (χ1) is 9.18. The van der Waals surface area contributed by atoms with Gasteiger partial charge in [-0.05, 0) is 24.8 Å². The summed E-state index contributed by atoms with van der Waals surface area (Å²) in [4.78, 5) is 0. The summed E-state index contributed by atoms with van der Waals surface area (Å²) in [7, 11) is 0. The van der Waals surface area contributed by atoms with Crippen LogP contribution >= 0.6 is 0 Å². The molecule has 0 spiro atoms. The van der Waals surface area contributed by atoms with Gasteiger partial charge in [0.05, 0.1) is 12.2 Å². The monoisotopic (exact) mass is 264 g/mol. The van der Waals surface area contributed by atoms with Gasteiger partial charge in [0.25, 0.3) is 0 Å². The van der Waals surface area contributed by atoms with Crippen molar-refractivity contribution < 1.29 is 9.13 Å². The zero-order chi connectivity index (χ0) is 13.7. The molecule has 0 saturated heterocycles. The van der Waals surface area contributed by atoms with Crippen LogP contribution < -0.4 is 5.73 Å². The molecular weight excluding hydrogens is 243 g/mol. The molecule has 4 heteroatoms. The van der Waals surface area contributed by atoms with E-state index in [4.69, 9.17) is 15.9 Å². The Kier molecular flexibility index (Phi) is 4.91. The highest BCUT2D eigenvalue weighted by Crippen LogP contribution is 2.24. The molecular formula is C15H21FN2O. The number of amidine groups is 1. The lowest BCUT2D eigenvalue weighted by atomic mass is 9.90. The van der Waals surface area contributed by atoms with Crippen molar-refractivity contribution in [1.82, 2.24) is 0 Å². The standard InChI is InChI=1S/C15H21FN2O/c16-14-12(7-4-8-13(14)15(17)18)10-19-9-11-5-2-1-3-6-11/h4,7-8,11H,1-3,5-6,9-10H2,(H3,17,18). The number of halogens is 1. The molecule has 0 radical (unpaired) electrons. The molecule has 19 heavy (non-hydrogen) atoms. The Bertz CT molecular complexity index is 442. The molecule has 0 aliphatic heterocycles. The minimum atomic E-state index is -0.432. The lowest BCUT2D eigenvalue weighted by Crippen LogP contribution is -2.16. The van der Waals surface area contributed by atoms with Crippen LogP contribution in [-0.4, -0.2) is 12.4 Å². The molecule has 3 N–H and O–H groups in total. The summed E-state index contributed by atoms with van der Waals surface area (Å²) in [6, 6.07) is 4.91. The first-order valence-electron chi connectivity index (χ1n) is 6.88. The van der Waals surface area contributed by atoms with Crippen molar-refractivity contribution in [1.29, 1.82) is 5.41 Å². The van der Waals surface area contributed by atoms with Gasteiger partial charge in [-0.25, -0.2) is 4.39 Å². The number of benzene rings is 1. The number of nitrogen functional groups attached to an aromatic ring is 1. The van der Waals surface area contributed by atoms with Crippen LogP contribution in [-0.2, 0) is 11.3 Å². The van der Waals surface area contributed by atoms with Gasteiger partial charge in [-0.15, -0.1) is 0 Å². The predicted octanol–water partition coefficient (Wildman–Crippen LogP) is 3.21. The van der Waals surface area contributed by atoms with Gasteiger partial charge in [0.15, 0.2) is 0 Å². The highest BCUT2D eigenvalue weighted by Gasteiger charge is 2.14. The summed E-state index contributed by atoms with van der Waals surface area (Å²) < 4.78 is 19.6. The van der Waals surface area contributed by atoms with Gasteiger partial charge in [0.2, 0.25) is 0 Å². The Morgan fingerprint density at radius 2 is 2.05 bits per heavy atom. The molecule has 0 atom stereocenters. The number of hydrogen-bond donors (Lipinski definition) is 2. The highest BCUT2D eigenvalue weighted by molar-refractivity contribution is 5.95. The fourth-order valence-corrected chi connectivity index (χ4v) is 2.59. The molecule has 1 saturated carbocycles. The molecule has 1 aromatic carbocycles. The van der Waals surface area contributed by atoms with Gasteiger partial charge in [-0.3, -0.25) is 5.41 Å². The Morgan fingerprint density at radius 3 is 2.74 bits per heavy atom. The maximum absolute atomic E-state index is 14.0. The molecule has 1 fully saturated rings. The van der Waals surface area contributed by atoms with Crippen LogP contribution in [0.2, 0.25) is 0 Å². The summed E-state index contributed by atoms with van der Waals surface area (Å²) in [5, 5.41) is 7.31. The van der Waals surface area contributed by atoms with Crippen molar-refractivity contribution in [2.24, 2.45) is 11.7 Å². The molecule has 1 aliphatic rings. The predicted molar refractivity (Wildman–Crippen MR) is 73.6 cm³/mol. The van der Waals surface area contributed by atoms with E-state index in [-0.39, 0.29) is 18.0 Å². The Hall–Kier alpha value is -1.42. The lowest BCUT2D eigenvalue weighted by Gasteiger charge is -2.21. The summed E-state index contributed by atoms with van der Waals surface area (Å²) >= 11 is 0. The van der Waals surface area contributed by atoms with Gasteiger partial charge < -0.3 is 10.5 Å². The first kappa shape index (κ1) is 14.0. The van der Waals surface area contributed by atoms with Crippen LogP contribution in [0.25, 0.3) is 0 Å². The van der Waals surface area contributed by atoms with E-state index in [0.717, 1.165) is 0 Å². The van der Waals surface area contributed by atoms with Crippen LogP contribution in [0, 0.1) is 17.1 Å². The normalized spacial score (nSPS) is 16.5. The molecule has 0 amide bonds. The number of rotatable bonds is 5. The molecule has 0 bridgehead atoms. The Morgan fingerprint density at radius 1 is 1.32 bits per heavy atom. The number of hydrogen-bond acceptors (Lipinski definition) is 2. The van der Waals surface area contributed by atoms with Crippen molar-refractivity contribution in [3.05, 3.63) is 35.1 Å². The quantitative estimate of drug-likeness (QED) is 0.633. The van der Waals surface area contributed by atoms with Crippen LogP contribution in [0.3, 0.4) is 0 Å². The average Bonchev–Trinajstić information content (AvgIpc) is 2.41. The molecule has 0 aromatic heterocycles. The number of nitrogens with one attached hydrogen (secondary N) is 1. The third kappa shape index (κ3) is 3.77. The molecule has 1 aliphatic carbocycles. The minimum Gasteiger partial charge on any atom is -0.384 e. The summed E-state index contributed by atoms with van der Waals surface area (Å²) in [5.41, 5.74) is 5.96. The lowest BCUT2D eigenvalue weighted by molar-refractivity contribution is 0.0723. The van der Waals surface area contributed by atoms with Crippen molar-refractivity contribution in [3.8, 4) is 0 Å². The van der Waals surface area contributed by atoms with Crippen LogP contribution in [0.1, 0.15) is 43.2 Å². The maximum Gasteiger partial charge on any atom is 0.139 e. The van der Waals surface area contributed by atoms with Crippen LogP contribution in [0.15, 0.2) is 18.2 Å². The van der Waals surface area contributed by atoms with Crippen LogP contribution in [0.5, 0.6) is 0 Å². The van der Waals surface area contributed by atoms with E-state index in [0.29, 0.717) is 18.1 Å². The average molecular weight is 264 g/mol. The molecule has 104 valence electrons. The van der Waals surface area contributed by atoms with Gasteiger partial charge in [-0.1, -0.05) is 31.4 Å². The maximum atomic E-state index is 14.0. The zero-order valence-electron chi connectivity index (χ0n) is 11.1. The summed E-state index contributed by atoms with van der Waals surface area (Å²) in [5.74, 6) is -0.0573. The van der Waals surface area contributed by atoms with E-state index >= 15 is 0 Å². The summed E-state index contributed by atoms with van der Waals surface area (Å²) in [6.45, 7) is 0.952. The fourth-order valence-electron chi connectivity index (χ4n) is 2.59. The Balaban J connectivity index is 1.88. The van der Waals surface area contributed by atoms with E-state index in [9.17, 15) is 4.39 Å². The molecule has 0 unspecified atom stereocenters. The number of nitrogens with two attached hydrogens (primary N) is 1. The Labute approximate surface area is 113 Å². The second kappa shape index (κ2) is 6.66. The van der Waals surface area contributed by atoms with E-state index in [2.05, 4.69) is 0 Å². The van der Waals surface area contributed by atoms with Crippen molar-refractivity contribution >= 4 is 5.84 Å². The first-order valence-corrected chi connectivity index (χ1v) is 6.88. The topological polar surface area (TPSA) is 59.1 Å². The zero-order valence-corrected chi connectivity index (χ0v) is 11.1. The van der Waals surface area contributed by atoms with Gasteiger partial charge in [0, 0.05) is 12.2 Å². The van der Waals surface area contributed by atoms with Gasteiger partial charge >= 0.3 is 0 Å². The minimum absolute atomic E-state index is 0.152.